The summed E-state index contributed by atoms with van der Waals surface area (Å²) in [6.45, 7) is 4.09. The maximum absolute atomic E-state index is 12.2. The molecule has 2 aromatic heterocycles. The van der Waals surface area contributed by atoms with Crippen LogP contribution in [-0.4, -0.2) is 51.0 Å². The zero-order valence-corrected chi connectivity index (χ0v) is 17.6. The van der Waals surface area contributed by atoms with Gasteiger partial charge in [-0.2, -0.15) is 5.10 Å². The van der Waals surface area contributed by atoms with E-state index in [2.05, 4.69) is 25.7 Å². The van der Waals surface area contributed by atoms with E-state index in [4.69, 9.17) is 21.4 Å². The molecule has 9 nitrogen and oxygen atoms in total. The minimum Gasteiger partial charge on any atom is -0.496 e. The lowest BCUT2D eigenvalue weighted by molar-refractivity contribution is 0.0942. The first kappa shape index (κ1) is 21.5. The zero-order chi connectivity index (χ0) is 21.7. The number of methoxy groups -OCH3 is 1. The van der Waals surface area contributed by atoms with Crippen LogP contribution in [0.15, 0.2) is 36.8 Å². The van der Waals surface area contributed by atoms with Gasteiger partial charge < -0.3 is 20.5 Å². The third-order valence-electron chi connectivity index (χ3n) is 4.25. The van der Waals surface area contributed by atoms with E-state index in [1.807, 2.05) is 24.7 Å². The first-order valence-electron chi connectivity index (χ1n) is 9.34. The van der Waals surface area contributed by atoms with Crippen molar-refractivity contribution in [1.29, 1.82) is 0 Å². The fourth-order valence-electron chi connectivity index (χ4n) is 2.72. The average molecular weight is 431 g/mol. The lowest BCUT2D eigenvalue weighted by Crippen LogP contribution is -2.26. The maximum Gasteiger partial charge on any atom is 0.255 e. The van der Waals surface area contributed by atoms with Crippen LogP contribution in [0.2, 0.25) is 5.02 Å². The molecule has 0 saturated heterocycles. The molecule has 3 rings (SSSR count). The van der Waals surface area contributed by atoms with Crippen molar-refractivity contribution < 1.29 is 14.6 Å². The van der Waals surface area contributed by atoms with E-state index in [0.717, 1.165) is 5.56 Å². The van der Waals surface area contributed by atoms with Gasteiger partial charge >= 0.3 is 0 Å². The topological polar surface area (TPSA) is 114 Å². The first-order valence-corrected chi connectivity index (χ1v) is 9.72. The van der Waals surface area contributed by atoms with Crippen LogP contribution in [0.3, 0.4) is 0 Å². The Morgan fingerprint density at radius 3 is 2.80 bits per heavy atom. The molecule has 158 valence electrons. The first-order chi connectivity index (χ1) is 14.4. The Morgan fingerprint density at radius 1 is 1.33 bits per heavy atom. The van der Waals surface area contributed by atoms with E-state index in [-0.39, 0.29) is 25.1 Å². The van der Waals surface area contributed by atoms with Crippen LogP contribution >= 0.6 is 11.6 Å². The number of anilines is 2. The molecule has 1 aromatic carbocycles. The van der Waals surface area contributed by atoms with Crippen molar-refractivity contribution in [3.8, 4) is 17.0 Å². The van der Waals surface area contributed by atoms with Crippen LogP contribution in [0.5, 0.6) is 5.75 Å². The summed E-state index contributed by atoms with van der Waals surface area (Å²) in [5, 5.41) is 19.3. The molecule has 0 aliphatic carbocycles. The summed E-state index contributed by atoms with van der Waals surface area (Å²) in [6.07, 6.45) is 5.11. The van der Waals surface area contributed by atoms with Crippen LogP contribution < -0.4 is 15.4 Å². The third kappa shape index (κ3) is 4.87. The number of ether oxygens (including phenoxy) is 1. The van der Waals surface area contributed by atoms with Gasteiger partial charge in [0.15, 0.2) is 0 Å². The molecule has 3 aromatic rings. The Balaban J connectivity index is 1.84. The van der Waals surface area contributed by atoms with Gasteiger partial charge in [-0.3, -0.25) is 9.48 Å². The molecular weight excluding hydrogens is 408 g/mol. The van der Waals surface area contributed by atoms with Crippen LogP contribution in [0.4, 0.5) is 11.6 Å². The Labute approximate surface area is 179 Å². The number of aromatic nitrogens is 4. The lowest BCUT2D eigenvalue weighted by Gasteiger charge is -2.12. The molecule has 0 aliphatic heterocycles. The summed E-state index contributed by atoms with van der Waals surface area (Å²) >= 11 is 6.30. The van der Waals surface area contributed by atoms with Crippen molar-refractivity contribution in [2.24, 2.45) is 0 Å². The molecule has 2 heterocycles. The Morgan fingerprint density at radius 2 is 2.13 bits per heavy atom. The fourth-order valence-corrected chi connectivity index (χ4v) is 2.92. The largest absolute Gasteiger partial charge is 0.496 e. The van der Waals surface area contributed by atoms with E-state index in [0.29, 0.717) is 33.7 Å². The molecule has 0 radical (unpaired) electrons. The summed E-state index contributed by atoms with van der Waals surface area (Å²) in [6, 6.07) is 5.22. The molecule has 10 heteroatoms. The van der Waals surface area contributed by atoms with Gasteiger partial charge in [0.25, 0.3) is 5.91 Å². The van der Waals surface area contributed by atoms with Crippen molar-refractivity contribution >= 4 is 29.1 Å². The SMILES string of the molecule is COc1cc(Nc2ncc(Cl)c(-c3cnn(C(C)C)c3)n2)ccc1C(=O)NCCO. The van der Waals surface area contributed by atoms with Gasteiger partial charge in [0.1, 0.15) is 5.75 Å². The second-order valence-electron chi connectivity index (χ2n) is 6.71. The minimum atomic E-state index is -0.334. The number of hydrogen-bond donors (Lipinski definition) is 3. The molecule has 0 atom stereocenters. The molecule has 0 spiro atoms. The lowest BCUT2D eigenvalue weighted by atomic mass is 10.1. The zero-order valence-electron chi connectivity index (χ0n) is 16.9. The molecule has 0 bridgehead atoms. The van der Waals surface area contributed by atoms with Crippen LogP contribution in [-0.2, 0) is 0 Å². The molecule has 30 heavy (non-hydrogen) atoms. The van der Waals surface area contributed by atoms with Gasteiger partial charge in [-0.15, -0.1) is 0 Å². The van der Waals surface area contributed by atoms with Crippen molar-refractivity contribution in [3.63, 3.8) is 0 Å². The van der Waals surface area contributed by atoms with Gasteiger partial charge in [-0.05, 0) is 26.0 Å². The van der Waals surface area contributed by atoms with Crippen LogP contribution in [0, 0.1) is 0 Å². The van der Waals surface area contributed by atoms with Gasteiger partial charge in [0.05, 0.1) is 42.4 Å². The number of carbonyl (C=O) groups excluding carboxylic acids is 1. The summed E-state index contributed by atoms with van der Waals surface area (Å²) in [7, 11) is 1.48. The number of nitrogens with one attached hydrogen (secondary N) is 2. The molecule has 0 saturated carbocycles. The number of halogens is 1. The predicted octanol–water partition coefficient (Wildman–Crippen LogP) is 3.05. The van der Waals surface area contributed by atoms with Gasteiger partial charge in [-0.1, -0.05) is 11.6 Å². The number of hydrogen-bond acceptors (Lipinski definition) is 7. The second kappa shape index (κ2) is 9.55. The van der Waals surface area contributed by atoms with E-state index < -0.39 is 0 Å². The Bertz CT molecular complexity index is 1040. The van der Waals surface area contributed by atoms with Crippen molar-refractivity contribution in [3.05, 3.63) is 47.4 Å². The van der Waals surface area contributed by atoms with Crippen LogP contribution in [0.25, 0.3) is 11.3 Å². The highest BCUT2D eigenvalue weighted by Crippen LogP contribution is 2.29. The number of nitrogens with zero attached hydrogens (tertiary/aromatic N) is 4. The Kier molecular flexibility index (Phi) is 6.86. The summed E-state index contributed by atoms with van der Waals surface area (Å²) in [4.78, 5) is 20.9. The number of rotatable bonds is 8. The van der Waals surface area contributed by atoms with Crippen molar-refractivity contribution in [2.75, 3.05) is 25.6 Å². The highest BCUT2D eigenvalue weighted by atomic mass is 35.5. The molecule has 0 fully saturated rings. The maximum atomic E-state index is 12.2. The molecule has 1 amide bonds. The van der Waals surface area contributed by atoms with E-state index in [1.54, 1.807) is 24.4 Å². The van der Waals surface area contributed by atoms with Gasteiger partial charge in [-0.25, -0.2) is 9.97 Å². The number of amides is 1. The number of benzene rings is 1. The monoisotopic (exact) mass is 430 g/mol. The van der Waals surface area contributed by atoms with E-state index in [1.165, 1.54) is 13.3 Å². The number of aliphatic hydroxyl groups is 1. The summed E-state index contributed by atoms with van der Waals surface area (Å²) < 4.78 is 7.15. The number of aliphatic hydroxyl groups excluding tert-OH is 1. The highest BCUT2D eigenvalue weighted by molar-refractivity contribution is 6.32. The molecule has 3 N–H and O–H groups in total. The smallest absolute Gasteiger partial charge is 0.255 e. The standard InChI is InChI=1S/C20H23ClN6O3/c1-12(2)27-11-13(9-24-27)18-16(21)10-23-20(26-18)25-14-4-5-15(17(8-14)30-3)19(29)22-6-7-28/h4-5,8-12,28H,6-7H2,1-3H3,(H,22,29)(H,23,25,26). The van der Waals surface area contributed by atoms with Crippen LogP contribution in [0.1, 0.15) is 30.2 Å². The van der Waals surface area contributed by atoms with Crippen molar-refractivity contribution in [2.45, 2.75) is 19.9 Å². The molecular formula is C20H23ClN6O3. The normalized spacial score (nSPS) is 10.9. The molecule has 0 aliphatic rings. The summed E-state index contributed by atoms with van der Waals surface area (Å²) in [5.41, 5.74) is 2.34. The fraction of sp³-hybridized carbons (Fsp3) is 0.300. The second-order valence-corrected chi connectivity index (χ2v) is 7.12. The van der Waals surface area contributed by atoms with E-state index in [9.17, 15) is 4.79 Å². The quantitative estimate of drug-likeness (QED) is 0.503. The highest BCUT2D eigenvalue weighted by Gasteiger charge is 2.15. The molecule has 0 unspecified atom stereocenters. The summed E-state index contributed by atoms with van der Waals surface area (Å²) in [5.74, 6) is 0.383. The van der Waals surface area contributed by atoms with E-state index >= 15 is 0 Å². The van der Waals surface area contributed by atoms with Gasteiger partial charge in [0.2, 0.25) is 5.95 Å². The van der Waals surface area contributed by atoms with Gasteiger partial charge in [0, 0.05) is 36.1 Å². The number of carbonyl (C=O) groups is 1. The van der Waals surface area contributed by atoms with Crippen molar-refractivity contribution in [1.82, 2.24) is 25.1 Å². The average Bonchev–Trinajstić information content (AvgIpc) is 3.23. The third-order valence-corrected chi connectivity index (χ3v) is 4.52. The Hall–Kier alpha value is -3.17. The predicted molar refractivity (Wildman–Crippen MR) is 114 cm³/mol. The minimum absolute atomic E-state index is 0.139.